The highest BCUT2D eigenvalue weighted by Gasteiger charge is 2.31. The molecule has 214 valence electrons. The largest absolute Gasteiger partial charge is 0.144 e. The van der Waals surface area contributed by atoms with Crippen LogP contribution >= 0.6 is 30.9 Å². The Morgan fingerprint density at radius 1 is 0.500 bits per heavy atom. The lowest BCUT2D eigenvalue weighted by atomic mass is 9.75. The lowest BCUT2D eigenvalue weighted by molar-refractivity contribution is 0.554. The number of hydrogen-bond acceptors (Lipinski definition) is 2. The van der Waals surface area contributed by atoms with E-state index < -0.39 is 0 Å². The van der Waals surface area contributed by atoms with Crippen LogP contribution in [-0.4, -0.2) is 5.29 Å². The minimum atomic E-state index is 0.0199. The summed E-state index contributed by atoms with van der Waals surface area (Å²) in [6, 6.07) is 28.0. The predicted molar refractivity (Wildman–Crippen MR) is 191 cm³/mol. The summed E-state index contributed by atoms with van der Waals surface area (Å²) in [5.74, 6) is 0. The van der Waals surface area contributed by atoms with Crippen LogP contribution in [0.5, 0.6) is 0 Å². The molecule has 6 rings (SSSR count). The molecule has 0 spiro atoms. The molecule has 0 nitrogen and oxygen atoms in total. The summed E-state index contributed by atoms with van der Waals surface area (Å²) in [7, 11) is 1.28. The van der Waals surface area contributed by atoms with Gasteiger partial charge < -0.3 is 0 Å². The van der Waals surface area contributed by atoms with Crippen LogP contribution in [0, 0.1) is 0 Å². The van der Waals surface area contributed by atoms with Crippen molar-refractivity contribution in [3.8, 4) is 32.0 Å². The maximum atomic E-state index is 2.51. The molecule has 1 aliphatic rings. The third-order valence-corrected chi connectivity index (χ3v) is 11.5. The normalized spacial score (nSPS) is 13.5. The minimum absolute atomic E-state index is 0.0199. The van der Waals surface area contributed by atoms with E-state index in [1.165, 1.54) is 78.6 Å². The SMILES string of the molecule is CC(C)(C)c1cc(C(C)(C)C)c(P=C2c3cc(-c4cccs4)ccc3-c3ccc(-c4cccs4)cc32)c(C(C)(C)C)c1. The van der Waals surface area contributed by atoms with Crippen LogP contribution in [0.2, 0.25) is 0 Å². The fraction of sp³-hybridized carbons (Fsp3) is 0.308. The summed E-state index contributed by atoms with van der Waals surface area (Å²) in [6.07, 6.45) is 0. The smallest absolute Gasteiger partial charge is 0.0342 e. The zero-order valence-corrected chi connectivity index (χ0v) is 28.9. The molecular weight excluding hydrogens is 564 g/mol. The van der Waals surface area contributed by atoms with Crippen molar-refractivity contribution < 1.29 is 0 Å². The van der Waals surface area contributed by atoms with Gasteiger partial charge in [0.15, 0.2) is 0 Å². The van der Waals surface area contributed by atoms with Gasteiger partial charge in [0.1, 0.15) is 0 Å². The topological polar surface area (TPSA) is 0 Å². The molecule has 0 bridgehead atoms. The van der Waals surface area contributed by atoms with Crippen LogP contribution in [0.4, 0.5) is 0 Å². The number of hydrogen-bond donors (Lipinski definition) is 0. The van der Waals surface area contributed by atoms with Crippen LogP contribution in [0.3, 0.4) is 0 Å². The lowest BCUT2D eigenvalue weighted by Gasteiger charge is -2.32. The van der Waals surface area contributed by atoms with Gasteiger partial charge in [0.2, 0.25) is 0 Å². The molecule has 2 aromatic heterocycles. The van der Waals surface area contributed by atoms with Crippen molar-refractivity contribution in [2.75, 3.05) is 0 Å². The molecule has 42 heavy (non-hydrogen) atoms. The number of rotatable bonds is 3. The predicted octanol–water partition coefficient (Wildman–Crippen LogP) is 11.9. The fourth-order valence-electron chi connectivity index (χ4n) is 5.85. The summed E-state index contributed by atoms with van der Waals surface area (Å²) in [5, 5.41) is 7.25. The molecule has 5 aromatic rings. The van der Waals surface area contributed by atoms with Crippen molar-refractivity contribution in [2.24, 2.45) is 0 Å². The summed E-state index contributed by atoms with van der Waals surface area (Å²) < 4.78 is 0. The van der Waals surface area contributed by atoms with Gasteiger partial charge in [-0.25, -0.2) is 0 Å². The molecule has 1 aliphatic carbocycles. The lowest BCUT2D eigenvalue weighted by Crippen LogP contribution is -2.30. The van der Waals surface area contributed by atoms with Gasteiger partial charge in [0, 0.05) is 20.4 Å². The van der Waals surface area contributed by atoms with Gasteiger partial charge in [-0.1, -0.05) is 119 Å². The Bertz CT molecular complexity index is 1680. The van der Waals surface area contributed by atoms with Crippen molar-refractivity contribution in [2.45, 2.75) is 78.6 Å². The molecule has 2 heterocycles. The Labute approximate surface area is 262 Å². The molecule has 0 fully saturated rings. The molecule has 0 radical (unpaired) electrons. The van der Waals surface area contributed by atoms with Gasteiger partial charge in [-0.3, -0.25) is 0 Å². The second-order valence-electron chi connectivity index (χ2n) is 14.6. The number of thiophene rings is 2. The number of benzene rings is 3. The maximum absolute atomic E-state index is 2.51. The first-order valence-electron chi connectivity index (χ1n) is 14.9. The number of fused-ring (bicyclic) bond motifs is 3. The van der Waals surface area contributed by atoms with E-state index in [2.05, 4.69) is 146 Å². The second-order valence-corrected chi connectivity index (χ2v) is 17.6. The van der Waals surface area contributed by atoms with Crippen LogP contribution in [0.25, 0.3) is 32.0 Å². The van der Waals surface area contributed by atoms with Crippen LogP contribution in [-0.2, 0) is 16.2 Å². The molecule has 0 saturated carbocycles. The zero-order chi connectivity index (χ0) is 30.0. The Balaban J connectivity index is 1.68. The Kier molecular flexibility index (Phi) is 7.29. The highest BCUT2D eigenvalue weighted by molar-refractivity contribution is 7.50. The molecular formula is C39H41PS2. The average Bonchev–Trinajstić information content (AvgIpc) is 3.68. The Hall–Kier alpha value is -2.77. The van der Waals surface area contributed by atoms with Crippen molar-refractivity contribution >= 4 is 41.5 Å². The van der Waals surface area contributed by atoms with E-state index in [1.807, 2.05) is 22.7 Å². The zero-order valence-electron chi connectivity index (χ0n) is 26.3. The van der Waals surface area contributed by atoms with Gasteiger partial charge in [0.25, 0.3) is 0 Å². The summed E-state index contributed by atoms with van der Waals surface area (Å²) >= 11 is 3.63. The third-order valence-electron chi connectivity index (χ3n) is 8.27. The Morgan fingerprint density at radius 2 is 0.952 bits per heavy atom. The van der Waals surface area contributed by atoms with Gasteiger partial charge >= 0.3 is 0 Å². The van der Waals surface area contributed by atoms with E-state index >= 15 is 0 Å². The highest BCUT2D eigenvalue weighted by Crippen LogP contribution is 2.45. The van der Waals surface area contributed by atoms with Gasteiger partial charge in [-0.15, -0.1) is 22.7 Å². The van der Waals surface area contributed by atoms with E-state index in [0.29, 0.717) is 0 Å². The van der Waals surface area contributed by atoms with Gasteiger partial charge in [-0.2, -0.15) is 0 Å². The van der Waals surface area contributed by atoms with Gasteiger partial charge in [0.05, 0.1) is 0 Å². The van der Waals surface area contributed by atoms with Crippen LogP contribution in [0.15, 0.2) is 83.6 Å². The second kappa shape index (κ2) is 10.4. The summed E-state index contributed by atoms with van der Waals surface area (Å²) in [6.45, 7) is 21.3. The molecule has 0 saturated heterocycles. The third kappa shape index (κ3) is 5.39. The van der Waals surface area contributed by atoms with E-state index in [-0.39, 0.29) is 16.2 Å². The first-order chi connectivity index (χ1) is 19.7. The molecule has 0 atom stereocenters. The van der Waals surface area contributed by atoms with Gasteiger partial charge in [-0.05, 0) is 101 Å². The fourth-order valence-corrected chi connectivity index (χ4v) is 9.17. The molecule has 3 aromatic carbocycles. The van der Waals surface area contributed by atoms with E-state index in [1.54, 1.807) is 0 Å². The van der Waals surface area contributed by atoms with E-state index in [4.69, 9.17) is 0 Å². The van der Waals surface area contributed by atoms with Crippen molar-refractivity contribution in [3.63, 3.8) is 0 Å². The monoisotopic (exact) mass is 604 g/mol. The van der Waals surface area contributed by atoms with Crippen LogP contribution < -0.4 is 5.30 Å². The van der Waals surface area contributed by atoms with E-state index in [9.17, 15) is 0 Å². The summed E-state index contributed by atoms with van der Waals surface area (Å²) in [4.78, 5) is 2.65. The maximum Gasteiger partial charge on any atom is 0.0342 e. The van der Waals surface area contributed by atoms with Crippen LogP contribution in [0.1, 0.15) is 90.1 Å². The van der Waals surface area contributed by atoms with E-state index in [0.717, 1.165) is 0 Å². The molecule has 0 N–H and O–H groups in total. The first-order valence-corrected chi connectivity index (χ1v) is 17.5. The molecule has 0 unspecified atom stereocenters. The standard InChI is InChI=1S/C39H41PS2/c1-37(2,3)26-22-31(38(4,5)6)36(32(23-26)39(7,8)9)40-35-29-20-24(33-12-10-18-41-33)14-16-27(29)28-17-15-25(21-30(28)35)34-13-11-19-42-34/h10-23H,1-9H3. The minimum Gasteiger partial charge on any atom is -0.144 e. The Morgan fingerprint density at radius 3 is 1.31 bits per heavy atom. The van der Waals surface area contributed by atoms with Crippen molar-refractivity contribution in [3.05, 3.63) is 111 Å². The average molecular weight is 605 g/mol. The molecule has 3 heteroatoms. The van der Waals surface area contributed by atoms with Crippen molar-refractivity contribution in [1.82, 2.24) is 0 Å². The van der Waals surface area contributed by atoms with Crippen molar-refractivity contribution in [1.29, 1.82) is 0 Å². The highest BCUT2D eigenvalue weighted by atomic mass is 32.1. The molecule has 0 aliphatic heterocycles. The quantitative estimate of drug-likeness (QED) is 0.176. The first kappa shape index (κ1) is 29.3. The summed E-state index contributed by atoms with van der Waals surface area (Å²) in [5.41, 5.74) is 12.5. The molecule has 0 amide bonds.